The Balaban J connectivity index is 4.27. The summed E-state index contributed by atoms with van der Waals surface area (Å²) in [4.78, 5) is 37.9. The predicted octanol–water partition coefficient (Wildman–Crippen LogP) is 17.5. The lowest BCUT2D eigenvalue weighted by molar-refractivity contribution is -0.167. The van der Waals surface area contributed by atoms with Gasteiger partial charge < -0.3 is 14.2 Å². The van der Waals surface area contributed by atoms with Gasteiger partial charge in [-0.1, -0.05) is 265 Å². The van der Waals surface area contributed by atoms with Crippen molar-refractivity contribution in [1.82, 2.24) is 0 Å². The Hall–Kier alpha value is -1.59. The van der Waals surface area contributed by atoms with Crippen molar-refractivity contribution in [2.45, 2.75) is 310 Å². The third-order valence-corrected chi connectivity index (χ3v) is 12.7. The van der Waals surface area contributed by atoms with Crippen LogP contribution in [0.1, 0.15) is 304 Å². The van der Waals surface area contributed by atoms with Crippen LogP contribution in [0.5, 0.6) is 0 Å². The van der Waals surface area contributed by atoms with Crippen molar-refractivity contribution in [3.63, 3.8) is 0 Å². The lowest BCUT2D eigenvalue weighted by Crippen LogP contribution is -2.30. The van der Waals surface area contributed by atoms with Crippen molar-refractivity contribution in [1.29, 1.82) is 0 Å². The van der Waals surface area contributed by atoms with E-state index in [1.165, 1.54) is 199 Å². The van der Waals surface area contributed by atoms with Gasteiger partial charge in [-0.2, -0.15) is 0 Å². The van der Waals surface area contributed by atoms with Crippen LogP contribution in [0.3, 0.4) is 0 Å². The minimum absolute atomic E-state index is 0.0629. The molecule has 356 valence electrons. The van der Waals surface area contributed by atoms with Crippen molar-refractivity contribution in [2.24, 2.45) is 5.92 Å². The second kappa shape index (κ2) is 48.4. The first-order valence-corrected chi connectivity index (χ1v) is 26.9. The van der Waals surface area contributed by atoms with E-state index < -0.39 is 6.10 Å². The smallest absolute Gasteiger partial charge is 0.306 e. The van der Waals surface area contributed by atoms with Crippen molar-refractivity contribution in [2.75, 3.05) is 13.2 Å². The molecule has 6 nitrogen and oxygen atoms in total. The Labute approximate surface area is 374 Å². The van der Waals surface area contributed by atoms with Gasteiger partial charge in [-0.25, -0.2) is 0 Å². The molecule has 0 spiro atoms. The van der Waals surface area contributed by atoms with Crippen LogP contribution in [0, 0.1) is 5.92 Å². The van der Waals surface area contributed by atoms with Crippen molar-refractivity contribution >= 4 is 17.9 Å². The molecule has 2 atom stereocenters. The zero-order valence-corrected chi connectivity index (χ0v) is 40.9. The van der Waals surface area contributed by atoms with Gasteiger partial charge >= 0.3 is 17.9 Å². The molecule has 0 amide bonds. The Bertz CT molecular complexity index is 905. The van der Waals surface area contributed by atoms with E-state index in [9.17, 15) is 14.4 Å². The summed E-state index contributed by atoms with van der Waals surface area (Å²) in [5, 5.41) is 0. The van der Waals surface area contributed by atoms with Crippen LogP contribution in [0.15, 0.2) is 0 Å². The van der Waals surface area contributed by atoms with Gasteiger partial charge in [0.1, 0.15) is 13.2 Å². The number of rotatable bonds is 49. The predicted molar refractivity (Wildman–Crippen MR) is 257 cm³/mol. The molecule has 0 aromatic carbocycles. The monoisotopic (exact) mass is 849 g/mol. The number of carbonyl (C=O) groups excluding carboxylic acids is 3. The molecule has 0 saturated carbocycles. The number of hydrogen-bond acceptors (Lipinski definition) is 6. The van der Waals surface area contributed by atoms with E-state index in [0.717, 1.165) is 63.7 Å². The van der Waals surface area contributed by atoms with E-state index >= 15 is 0 Å². The van der Waals surface area contributed by atoms with Gasteiger partial charge in [0.15, 0.2) is 6.10 Å². The van der Waals surface area contributed by atoms with Gasteiger partial charge in [-0.15, -0.1) is 0 Å². The van der Waals surface area contributed by atoms with Crippen LogP contribution in [0.25, 0.3) is 0 Å². The van der Waals surface area contributed by atoms with Gasteiger partial charge in [-0.05, 0) is 25.2 Å². The first-order chi connectivity index (χ1) is 29.4. The van der Waals surface area contributed by atoms with E-state index in [2.05, 4.69) is 27.7 Å². The Morgan fingerprint density at radius 2 is 0.583 bits per heavy atom. The highest BCUT2D eigenvalue weighted by molar-refractivity contribution is 5.71. The maximum Gasteiger partial charge on any atom is 0.306 e. The molecule has 0 aromatic heterocycles. The van der Waals surface area contributed by atoms with Crippen molar-refractivity contribution < 1.29 is 28.6 Å². The number of unbranched alkanes of at least 4 members (excludes halogenated alkanes) is 35. The molecule has 1 unspecified atom stereocenters. The molecule has 0 aliphatic carbocycles. The molecule has 0 rings (SSSR count). The highest BCUT2D eigenvalue weighted by Crippen LogP contribution is 2.18. The fourth-order valence-corrected chi connectivity index (χ4v) is 8.19. The number of carbonyl (C=O) groups is 3. The largest absolute Gasteiger partial charge is 0.462 e. The summed E-state index contributed by atoms with van der Waals surface area (Å²) in [6, 6.07) is 0. The molecule has 0 aliphatic heterocycles. The van der Waals surface area contributed by atoms with Crippen molar-refractivity contribution in [3.8, 4) is 0 Å². The Kier molecular flexibility index (Phi) is 47.2. The van der Waals surface area contributed by atoms with Crippen molar-refractivity contribution in [3.05, 3.63) is 0 Å². The molecule has 6 heteroatoms. The summed E-state index contributed by atoms with van der Waals surface area (Å²) in [7, 11) is 0. The number of ether oxygens (including phenoxy) is 3. The second-order valence-electron chi connectivity index (χ2n) is 18.8. The summed E-state index contributed by atoms with van der Waals surface area (Å²) in [6.07, 6.45) is 50.8. The zero-order valence-electron chi connectivity index (χ0n) is 40.9. The zero-order chi connectivity index (χ0) is 43.8. The van der Waals surface area contributed by atoms with Gasteiger partial charge in [0.25, 0.3) is 0 Å². The molecule has 0 N–H and O–H groups in total. The molecule has 60 heavy (non-hydrogen) atoms. The van der Waals surface area contributed by atoms with E-state index in [-0.39, 0.29) is 31.1 Å². The van der Waals surface area contributed by atoms with Gasteiger partial charge in [0.05, 0.1) is 0 Å². The molecular weight excluding hydrogens is 745 g/mol. The molecule has 0 radical (unpaired) electrons. The molecule has 0 saturated heterocycles. The van der Waals surface area contributed by atoms with Crippen LogP contribution in [0.4, 0.5) is 0 Å². The number of hydrogen-bond donors (Lipinski definition) is 0. The van der Waals surface area contributed by atoms with Crippen LogP contribution in [-0.2, 0) is 28.6 Å². The molecule has 0 bridgehead atoms. The topological polar surface area (TPSA) is 78.9 Å². The normalized spacial score (nSPS) is 12.4. The van der Waals surface area contributed by atoms with Crippen LogP contribution in [0.2, 0.25) is 0 Å². The fourth-order valence-electron chi connectivity index (χ4n) is 8.19. The lowest BCUT2D eigenvalue weighted by atomic mass is 9.99. The quantitative estimate of drug-likeness (QED) is 0.0345. The number of esters is 3. The summed E-state index contributed by atoms with van der Waals surface area (Å²) in [5.74, 6) is 0.0259. The molecule has 0 aliphatic rings. The lowest BCUT2D eigenvalue weighted by Gasteiger charge is -2.18. The average Bonchev–Trinajstić information content (AvgIpc) is 3.25. The summed E-state index contributed by atoms with van der Waals surface area (Å²) in [6.45, 7) is 9.05. The van der Waals surface area contributed by atoms with Crippen LogP contribution < -0.4 is 0 Å². The van der Waals surface area contributed by atoms with E-state index in [4.69, 9.17) is 14.2 Å². The molecular formula is C54H104O6. The minimum Gasteiger partial charge on any atom is -0.462 e. The van der Waals surface area contributed by atoms with E-state index in [1.54, 1.807) is 0 Å². The highest BCUT2D eigenvalue weighted by atomic mass is 16.6. The van der Waals surface area contributed by atoms with Gasteiger partial charge in [0.2, 0.25) is 0 Å². The molecule has 0 fully saturated rings. The van der Waals surface area contributed by atoms with E-state index in [0.29, 0.717) is 19.3 Å². The molecule has 0 heterocycles. The third kappa shape index (κ3) is 45.9. The van der Waals surface area contributed by atoms with Gasteiger partial charge in [0, 0.05) is 19.3 Å². The first kappa shape index (κ1) is 58.4. The van der Waals surface area contributed by atoms with Crippen LogP contribution in [-0.4, -0.2) is 37.2 Å². The summed E-state index contributed by atoms with van der Waals surface area (Å²) in [5.41, 5.74) is 0. The SMILES string of the molecule is CCCCCCCCCCCCCCCCCCCCC(=O)O[C@H](COC(=O)CCCCCCCCCCCC)COC(=O)CCCCCCCCCCCCC(C)CC. The minimum atomic E-state index is -0.760. The van der Waals surface area contributed by atoms with Crippen LogP contribution >= 0.6 is 0 Å². The first-order valence-electron chi connectivity index (χ1n) is 26.9. The maximum absolute atomic E-state index is 12.8. The standard InChI is InChI=1S/C54H104O6/c1-5-8-10-12-14-16-18-19-20-21-22-23-24-25-31-35-39-43-47-54(57)60-51(48-58-52(55)45-41-37-33-29-17-15-13-11-9-6-2)49-59-53(56)46-42-38-34-30-27-26-28-32-36-40-44-50(4)7-3/h50-51H,5-49H2,1-4H3/t50?,51-/m1/s1. The fraction of sp³-hybridized carbons (Fsp3) is 0.944. The maximum atomic E-state index is 12.8. The molecule has 0 aromatic rings. The second-order valence-corrected chi connectivity index (χ2v) is 18.8. The van der Waals surface area contributed by atoms with E-state index in [1.807, 2.05) is 0 Å². The Morgan fingerprint density at radius 1 is 0.333 bits per heavy atom. The summed E-state index contributed by atoms with van der Waals surface area (Å²) >= 11 is 0. The Morgan fingerprint density at radius 3 is 0.867 bits per heavy atom. The summed E-state index contributed by atoms with van der Waals surface area (Å²) < 4.78 is 16.8. The average molecular weight is 849 g/mol. The van der Waals surface area contributed by atoms with Gasteiger partial charge in [-0.3, -0.25) is 14.4 Å². The highest BCUT2D eigenvalue weighted by Gasteiger charge is 2.19. The third-order valence-electron chi connectivity index (χ3n) is 12.7.